The predicted molar refractivity (Wildman–Crippen MR) is 74.8 cm³/mol. The van der Waals surface area contributed by atoms with Crippen LogP contribution in [0.15, 0.2) is 29.1 Å². The largest absolute Gasteiger partial charge is 0.455 e. The van der Waals surface area contributed by atoms with Crippen LogP contribution in [0.2, 0.25) is 0 Å². The average Bonchev–Trinajstić information content (AvgIpc) is 2.48. The first-order valence-electron chi connectivity index (χ1n) is 6.18. The molecular formula is C13H12N4O5. The molecule has 0 aliphatic carbocycles. The summed E-state index contributed by atoms with van der Waals surface area (Å²) in [6, 6.07) is 5.62. The molecule has 0 saturated heterocycles. The van der Waals surface area contributed by atoms with Crippen LogP contribution >= 0.6 is 0 Å². The maximum Gasteiger partial charge on any atom is 0.318 e. The molecule has 2 aromatic rings. The van der Waals surface area contributed by atoms with Gasteiger partial charge in [0.1, 0.15) is 0 Å². The van der Waals surface area contributed by atoms with E-state index in [9.17, 15) is 19.2 Å². The lowest BCUT2D eigenvalue weighted by Gasteiger charge is -2.06. The number of amides is 3. The zero-order valence-corrected chi connectivity index (χ0v) is 11.3. The molecule has 9 nitrogen and oxygen atoms in total. The van der Waals surface area contributed by atoms with Gasteiger partial charge in [0.25, 0.3) is 11.5 Å². The number of nitrogens with one attached hydrogen (secondary N) is 2. The van der Waals surface area contributed by atoms with Crippen LogP contribution < -0.4 is 16.6 Å². The second-order valence-electron chi connectivity index (χ2n) is 4.29. The normalized spacial score (nSPS) is 10.2. The number of primary amides is 1. The summed E-state index contributed by atoms with van der Waals surface area (Å²) in [5.74, 6) is -1.57. The van der Waals surface area contributed by atoms with Crippen molar-refractivity contribution in [3.05, 3.63) is 40.3 Å². The van der Waals surface area contributed by atoms with Gasteiger partial charge in [-0.2, -0.15) is 5.10 Å². The average molecular weight is 304 g/mol. The van der Waals surface area contributed by atoms with Crippen molar-refractivity contribution in [1.82, 2.24) is 15.5 Å². The number of nitrogens with zero attached hydrogens (tertiary/aromatic N) is 1. The maximum absolute atomic E-state index is 11.7. The zero-order valence-electron chi connectivity index (χ0n) is 11.3. The second kappa shape index (κ2) is 6.48. The number of urea groups is 1. The van der Waals surface area contributed by atoms with Crippen LogP contribution in [0, 0.1) is 0 Å². The molecule has 0 saturated carbocycles. The van der Waals surface area contributed by atoms with Gasteiger partial charge in [-0.3, -0.25) is 19.7 Å². The van der Waals surface area contributed by atoms with E-state index in [4.69, 9.17) is 10.5 Å². The number of ether oxygens (including phenoxy) is 1. The van der Waals surface area contributed by atoms with Gasteiger partial charge >= 0.3 is 12.0 Å². The number of hydrogen-bond donors (Lipinski definition) is 3. The van der Waals surface area contributed by atoms with E-state index < -0.39 is 24.5 Å². The summed E-state index contributed by atoms with van der Waals surface area (Å²) in [4.78, 5) is 44.8. The molecule has 0 aliphatic rings. The highest BCUT2D eigenvalue weighted by Gasteiger charge is 2.13. The number of esters is 1. The number of carbonyl (C=O) groups is 3. The van der Waals surface area contributed by atoms with E-state index in [-0.39, 0.29) is 12.0 Å². The van der Waals surface area contributed by atoms with E-state index >= 15 is 0 Å². The Labute approximate surface area is 123 Å². The quantitative estimate of drug-likeness (QED) is 0.631. The highest BCUT2D eigenvalue weighted by Crippen LogP contribution is 2.13. The predicted octanol–water partition coefficient (Wildman–Crippen LogP) is -0.796. The van der Waals surface area contributed by atoms with Gasteiger partial charge in [-0.05, 0) is 6.07 Å². The van der Waals surface area contributed by atoms with Crippen molar-refractivity contribution in [3.8, 4) is 0 Å². The highest BCUT2D eigenvalue weighted by molar-refractivity contribution is 5.95. The van der Waals surface area contributed by atoms with Crippen molar-refractivity contribution in [1.29, 1.82) is 0 Å². The number of hydrogen-bond acceptors (Lipinski definition) is 6. The Hall–Kier alpha value is -3.23. The minimum absolute atomic E-state index is 0.235. The molecule has 22 heavy (non-hydrogen) atoms. The first-order valence-corrected chi connectivity index (χ1v) is 6.18. The molecule has 4 N–H and O–H groups in total. The number of carbonyl (C=O) groups excluding carboxylic acids is 3. The zero-order chi connectivity index (χ0) is 16.1. The van der Waals surface area contributed by atoms with E-state index in [1.807, 2.05) is 0 Å². The number of aromatic amines is 1. The molecule has 0 fully saturated rings. The Balaban J connectivity index is 2.07. The van der Waals surface area contributed by atoms with E-state index in [2.05, 4.69) is 10.2 Å². The van der Waals surface area contributed by atoms with Crippen LogP contribution in [0.25, 0.3) is 10.8 Å². The molecule has 1 heterocycles. The minimum atomic E-state index is -1.03. The lowest BCUT2D eigenvalue weighted by Crippen LogP contribution is -2.37. The minimum Gasteiger partial charge on any atom is -0.455 e. The molecule has 0 unspecified atom stereocenters. The Bertz CT molecular complexity index is 798. The second-order valence-corrected chi connectivity index (χ2v) is 4.29. The molecule has 0 atom stereocenters. The van der Waals surface area contributed by atoms with Crippen LogP contribution in [0.5, 0.6) is 0 Å². The first kappa shape index (κ1) is 15.2. The standard InChI is InChI=1S/C13H12N4O5/c14-13(21)15-10(18)6-22-11(19)5-9-7-3-1-2-4-8(7)12(20)17-16-9/h1-4H,5-6H2,(H,17,20)(H3,14,15,18,21). The molecule has 9 heteroatoms. The van der Waals surface area contributed by atoms with Gasteiger partial charge in [0.2, 0.25) is 0 Å². The van der Waals surface area contributed by atoms with E-state index in [1.165, 1.54) is 0 Å². The number of imide groups is 1. The molecule has 3 amide bonds. The molecule has 114 valence electrons. The van der Waals surface area contributed by atoms with Gasteiger partial charge in [-0.1, -0.05) is 18.2 Å². The van der Waals surface area contributed by atoms with Crippen molar-refractivity contribution in [2.45, 2.75) is 6.42 Å². The number of rotatable bonds is 4. The smallest absolute Gasteiger partial charge is 0.318 e. The molecule has 0 bridgehead atoms. The summed E-state index contributed by atoms with van der Waals surface area (Å²) in [6.07, 6.45) is -0.235. The molecule has 1 aromatic carbocycles. The SMILES string of the molecule is NC(=O)NC(=O)COC(=O)Cc1n[nH]c(=O)c2ccccc12. The summed E-state index contributed by atoms with van der Waals surface area (Å²) in [5, 5.41) is 8.77. The number of fused-ring (bicyclic) bond motifs is 1. The van der Waals surface area contributed by atoms with Crippen molar-refractivity contribution in [2.75, 3.05) is 6.61 Å². The van der Waals surface area contributed by atoms with Gasteiger partial charge in [0.05, 0.1) is 17.5 Å². The third-order valence-corrected chi connectivity index (χ3v) is 2.71. The molecular weight excluding hydrogens is 292 g/mol. The molecule has 2 rings (SSSR count). The van der Waals surface area contributed by atoms with Gasteiger partial charge in [-0.25, -0.2) is 9.89 Å². The van der Waals surface area contributed by atoms with Gasteiger partial charge < -0.3 is 10.5 Å². The van der Waals surface area contributed by atoms with Crippen molar-refractivity contribution in [3.63, 3.8) is 0 Å². The Kier molecular flexibility index (Phi) is 4.47. The van der Waals surface area contributed by atoms with Gasteiger partial charge in [-0.15, -0.1) is 0 Å². The summed E-state index contributed by atoms with van der Waals surface area (Å²) < 4.78 is 4.70. The summed E-state index contributed by atoms with van der Waals surface area (Å²) in [5.41, 5.74) is 4.69. The van der Waals surface area contributed by atoms with Crippen LogP contribution in [0.4, 0.5) is 4.79 Å². The molecule has 1 aromatic heterocycles. The summed E-state index contributed by atoms with van der Waals surface area (Å²) >= 11 is 0. The topological polar surface area (TPSA) is 144 Å². The first-order chi connectivity index (χ1) is 10.5. The third-order valence-electron chi connectivity index (χ3n) is 2.71. The Morgan fingerprint density at radius 2 is 1.91 bits per heavy atom. The van der Waals surface area contributed by atoms with E-state index in [0.717, 1.165) is 0 Å². The molecule has 0 aliphatic heterocycles. The Morgan fingerprint density at radius 3 is 2.59 bits per heavy atom. The number of H-pyrrole nitrogens is 1. The van der Waals surface area contributed by atoms with Crippen LogP contribution in [-0.2, 0) is 20.7 Å². The Morgan fingerprint density at radius 1 is 1.23 bits per heavy atom. The van der Waals surface area contributed by atoms with Gasteiger partial charge in [0.15, 0.2) is 6.61 Å². The molecule has 0 spiro atoms. The van der Waals surface area contributed by atoms with E-state index in [1.54, 1.807) is 29.6 Å². The highest BCUT2D eigenvalue weighted by atomic mass is 16.5. The summed E-state index contributed by atoms with van der Waals surface area (Å²) in [6.45, 7) is -0.636. The lowest BCUT2D eigenvalue weighted by atomic mass is 10.1. The third kappa shape index (κ3) is 3.66. The van der Waals surface area contributed by atoms with Crippen LogP contribution in [-0.4, -0.2) is 34.7 Å². The van der Waals surface area contributed by atoms with Crippen molar-refractivity contribution in [2.24, 2.45) is 5.73 Å². The van der Waals surface area contributed by atoms with Crippen molar-refractivity contribution >= 4 is 28.7 Å². The molecule has 0 radical (unpaired) electrons. The van der Waals surface area contributed by atoms with Gasteiger partial charge in [0, 0.05) is 5.39 Å². The summed E-state index contributed by atoms with van der Waals surface area (Å²) in [7, 11) is 0. The van der Waals surface area contributed by atoms with Crippen LogP contribution in [0.3, 0.4) is 0 Å². The van der Waals surface area contributed by atoms with Crippen molar-refractivity contribution < 1.29 is 19.1 Å². The lowest BCUT2D eigenvalue weighted by molar-refractivity contribution is -0.147. The maximum atomic E-state index is 11.7. The number of aromatic nitrogens is 2. The fourth-order valence-corrected chi connectivity index (χ4v) is 1.81. The van der Waals surface area contributed by atoms with E-state index in [0.29, 0.717) is 16.5 Å². The monoisotopic (exact) mass is 304 g/mol. The number of nitrogens with two attached hydrogens (primary N) is 1. The number of benzene rings is 1. The van der Waals surface area contributed by atoms with Crippen LogP contribution in [0.1, 0.15) is 5.69 Å². The fourth-order valence-electron chi connectivity index (χ4n) is 1.81. The fraction of sp³-hybridized carbons (Fsp3) is 0.154.